The maximum Gasteiger partial charge on any atom is 0.171 e. The van der Waals surface area contributed by atoms with Crippen molar-refractivity contribution >= 4 is 44.7 Å². The lowest BCUT2D eigenvalue weighted by atomic mass is 10.2. The first-order valence-corrected chi connectivity index (χ1v) is 7.63. The van der Waals surface area contributed by atoms with E-state index in [1.807, 2.05) is 19.2 Å². The van der Waals surface area contributed by atoms with Crippen molar-refractivity contribution in [2.45, 2.75) is 19.8 Å². The smallest absolute Gasteiger partial charge is 0.171 e. The summed E-state index contributed by atoms with van der Waals surface area (Å²) in [6.45, 7) is 2.14. The Labute approximate surface area is 124 Å². The molecule has 18 heavy (non-hydrogen) atoms. The lowest BCUT2D eigenvalue weighted by Gasteiger charge is -2.05. The first-order valence-electron chi connectivity index (χ1n) is 5.65. The van der Waals surface area contributed by atoms with Gasteiger partial charge in [-0.2, -0.15) is 0 Å². The van der Waals surface area contributed by atoms with Crippen LogP contribution in [0.2, 0.25) is 4.34 Å². The van der Waals surface area contributed by atoms with Gasteiger partial charge in [0.05, 0.1) is 4.88 Å². The van der Waals surface area contributed by atoms with Crippen LogP contribution in [0, 0.1) is 0 Å². The zero-order valence-corrected chi connectivity index (χ0v) is 13.3. The molecule has 6 heteroatoms. The van der Waals surface area contributed by atoms with Gasteiger partial charge in [0.1, 0.15) is 10.2 Å². The summed E-state index contributed by atoms with van der Waals surface area (Å²) >= 11 is 10.9. The average molecular weight is 347 g/mol. The van der Waals surface area contributed by atoms with E-state index in [1.165, 1.54) is 11.3 Å². The highest BCUT2D eigenvalue weighted by Gasteiger charge is 2.11. The second-order valence-electron chi connectivity index (χ2n) is 3.80. The fraction of sp³-hybridized carbons (Fsp3) is 0.333. The molecule has 96 valence electrons. The number of nitrogens with one attached hydrogen (secondary N) is 1. The van der Waals surface area contributed by atoms with Gasteiger partial charge >= 0.3 is 0 Å². The summed E-state index contributed by atoms with van der Waals surface area (Å²) < 4.78 is 1.61. The molecule has 2 heterocycles. The van der Waals surface area contributed by atoms with E-state index in [0.29, 0.717) is 0 Å². The largest absolute Gasteiger partial charge is 0.373 e. The van der Waals surface area contributed by atoms with Crippen LogP contribution in [-0.2, 0) is 6.42 Å². The molecule has 2 rings (SSSR count). The molecular weight excluding hydrogens is 334 g/mol. The van der Waals surface area contributed by atoms with Crippen molar-refractivity contribution in [3.8, 4) is 10.7 Å². The molecule has 2 aromatic heterocycles. The Hall–Kier alpha value is -0.650. The molecule has 1 N–H and O–H groups in total. The highest BCUT2D eigenvalue weighted by molar-refractivity contribution is 9.10. The molecule has 0 atom stereocenters. The van der Waals surface area contributed by atoms with E-state index in [9.17, 15) is 0 Å². The summed E-state index contributed by atoms with van der Waals surface area (Å²) in [5.74, 6) is 1.56. The van der Waals surface area contributed by atoms with Gasteiger partial charge in [-0.3, -0.25) is 0 Å². The van der Waals surface area contributed by atoms with Crippen molar-refractivity contribution < 1.29 is 0 Å². The van der Waals surface area contributed by atoms with Gasteiger partial charge in [-0.05, 0) is 28.4 Å². The van der Waals surface area contributed by atoms with E-state index in [2.05, 4.69) is 38.1 Å². The van der Waals surface area contributed by atoms with Crippen LogP contribution in [0.25, 0.3) is 10.7 Å². The predicted octanol–water partition coefficient (Wildman–Crippen LogP) is 4.62. The summed E-state index contributed by atoms with van der Waals surface area (Å²) in [4.78, 5) is 10.0. The molecule has 0 saturated heterocycles. The first kappa shape index (κ1) is 13.8. The lowest BCUT2D eigenvalue weighted by Crippen LogP contribution is -2.00. The van der Waals surface area contributed by atoms with Crippen LogP contribution in [0.1, 0.15) is 19.0 Å². The normalized spacial score (nSPS) is 10.7. The summed E-state index contributed by atoms with van der Waals surface area (Å²) in [6.07, 6.45) is 2.01. The quantitative estimate of drug-likeness (QED) is 0.878. The second-order valence-corrected chi connectivity index (χ2v) is 6.31. The highest BCUT2D eigenvalue weighted by atomic mass is 79.9. The van der Waals surface area contributed by atoms with Crippen molar-refractivity contribution in [2.75, 3.05) is 12.4 Å². The number of aryl methyl sites for hydroxylation is 1. The van der Waals surface area contributed by atoms with Crippen molar-refractivity contribution in [1.82, 2.24) is 9.97 Å². The van der Waals surface area contributed by atoms with Crippen LogP contribution in [0.4, 0.5) is 5.82 Å². The van der Waals surface area contributed by atoms with E-state index < -0.39 is 0 Å². The molecule has 3 nitrogen and oxygen atoms in total. The van der Waals surface area contributed by atoms with Crippen molar-refractivity contribution in [2.24, 2.45) is 0 Å². The standard InChI is InChI=1S/C12H13BrClN3S/c1-3-4-7-5-10(15-2)17-12(16-7)9-6-8(13)11(14)18-9/h5-6H,3-4H2,1-2H3,(H,15,16,17). The molecule has 0 radical (unpaired) electrons. The van der Waals surface area contributed by atoms with Gasteiger partial charge < -0.3 is 5.32 Å². The third kappa shape index (κ3) is 3.02. The number of hydrogen-bond acceptors (Lipinski definition) is 4. The minimum Gasteiger partial charge on any atom is -0.373 e. The summed E-state index contributed by atoms with van der Waals surface area (Å²) in [6, 6.07) is 3.94. The Kier molecular flexibility index (Phi) is 4.59. The molecule has 0 bridgehead atoms. The molecule has 0 aliphatic carbocycles. The SMILES string of the molecule is CCCc1cc(NC)nc(-c2cc(Br)c(Cl)s2)n1. The zero-order chi connectivity index (χ0) is 13.1. The van der Waals surface area contributed by atoms with Crippen LogP contribution >= 0.6 is 38.9 Å². The Bertz CT molecular complexity index is 537. The number of anilines is 1. The molecule has 0 aromatic carbocycles. The highest BCUT2D eigenvalue weighted by Crippen LogP contribution is 2.37. The van der Waals surface area contributed by atoms with Crippen LogP contribution in [0.5, 0.6) is 0 Å². The molecule has 0 aliphatic rings. The third-order valence-corrected chi connectivity index (χ3v) is 4.88. The maximum absolute atomic E-state index is 6.05. The van der Waals surface area contributed by atoms with Crippen molar-refractivity contribution in [3.05, 3.63) is 26.6 Å². The number of nitrogens with zero attached hydrogens (tertiary/aromatic N) is 2. The zero-order valence-electron chi connectivity index (χ0n) is 10.1. The lowest BCUT2D eigenvalue weighted by molar-refractivity contribution is 0.876. The molecule has 0 spiro atoms. The van der Waals surface area contributed by atoms with Gasteiger partial charge in [0, 0.05) is 23.3 Å². The van der Waals surface area contributed by atoms with E-state index in [4.69, 9.17) is 11.6 Å². The van der Waals surface area contributed by atoms with Gasteiger partial charge in [-0.1, -0.05) is 24.9 Å². The Balaban J connectivity index is 2.45. The van der Waals surface area contributed by atoms with Crippen molar-refractivity contribution in [3.63, 3.8) is 0 Å². The molecule has 0 fully saturated rings. The van der Waals surface area contributed by atoms with Gasteiger partial charge in [-0.15, -0.1) is 11.3 Å². The van der Waals surface area contributed by atoms with Crippen LogP contribution in [-0.4, -0.2) is 17.0 Å². The van der Waals surface area contributed by atoms with Gasteiger partial charge in [0.15, 0.2) is 5.82 Å². The average Bonchev–Trinajstić information content (AvgIpc) is 2.70. The Morgan fingerprint density at radius 2 is 2.17 bits per heavy atom. The molecule has 2 aromatic rings. The summed E-state index contributed by atoms with van der Waals surface area (Å²) in [5, 5.41) is 3.07. The number of thiophene rings is 1. The summed E-state index contributed by atoms with van der Waals surface area (Å²) in [5.41, 5.74) is 1.05. The van der Waals surface area contributed by atoms with E-state index in [0.717, 1.165) is 43.9 Å². The monoisotopic (exact) mass is 345 g/mol. The fourth-order valence-corrected chi connectivity index (χ4v) is 3.21. The molecule has 0 saturated carbocycles. The Morgan fingerprint density at radius 3 is 2.72 bits per heavy atom. The van der Waals surface area contributed by atoms with E-state index in [-0.39, 0.29) is 0 Å². The van der Waals surface area contributed by atoms with Crippen LogP contribution in [0.15, 0.2) is 16.6 Å². The number of aromatic nitrogens is 2. The minimum absolute atomic E-state index is 0.723. The number of rotatable bonds is 4. The minimum atomic E-state index is 0.723. The third-order valence-electron chi connectivity index (χ3n) is 2.41. The Morgan fingerprint density at radius 1 is 1.39 bits per heavy atom. The van der Waals surface area contributed by atoms with Gasteiger partial charge in [-0.25, -0.2) is 9.97 Å². The van der Waals surface area contributed by atoms with Crippen LogP contribution < -0.4 is 5.32 Å². The molecule has 0 amide bonds. The number of hydrogen-bond donors (Lipinski definition) is 1. The van der Waals surface area contributed by atoms with Crippen molar-refractivity contribution in [1.29, 1.82) is 0 Å². The topological polar surface area (TPSA) is 37.8 Å². The molecule has 0 aliphatic heterocycles. The first-order chi connectivity index (χ1) is 8.63. The van der Waals surface area contributed by atoms with E-state index in [1.54, 1.807) is 0 Å². The second kappa shape index (κ2) is 5.99. The maximum atomic E-state index is 6.05. The van der Waals surface area contributed by atoms with Gasteiger partial charge in [0.25, 0.3) is 0 Å². The van der Waals surface area contributed by atoms with Gasteiger partial charge in [0.2, 0.25) is 0 Å². The predicted molar refractivity (Wildman–Crippen MR) is 81.6 cm³/mol. The number of halogens is 2. The van der Waals surface area contributed by atoms with E-state index >= 15 is 0 Å². The molecular formula is C12H13BrClN3S. The fourth-order valence-electron chi connectivity index (χ4n) is 1.58. The molecule has 0 unspecified atom stereocenters. The summed E-state index contributed by atoms with van der Waals surface area (Å²) in [7, 11) is 1.86. The van der Waals surface area contributed by atoms with Crippen LogP contribution in [0.3, 0.4) is 0 Å².